The van der Waals surface area contributed by atoms with Crippen LogP contribution in [-0.4, -0.2) is 28.2 Å². The Morgan fingerprint density at radius 3 is 2.82 bits per heavy atom. The van der Waals surface area contributed by atoms with Gasteiger partial charge in [0.1, 0.15) is 5.25 Å². The van der Waals surface area contributed by atoms with Crippen LogP contribution >= 0.6 is 11.8 Å². The highest BCUT2D eigenvalue weighted by atomic mass is 32.2. The molecule has 1 heterocycles. The normalized spacial score (nSPS) is 17.0. The number of rotatable bonds is 4. The third-order valence-electron chi connectivity index (χ3n) is 3.00. The molecule has 1 aliphatic heterocycles. The molecule has 0 fully saturated rings. The molecule has 0 saturated carbocycles. The monoisotopic (exact) mass is 319 g/mol. The summed E-state index contributed by atoms with van der Waals surface area (Å²) in [5.74, 6) is -0.808. The molecule has 1 aromatic rings. The quantitative estimate of drug-likeness (QED) is 0.561. The highest BCUT2D eigenvalue weighted by Gasteiger charge is 2.30. The summed E-state index contributed by atoms with van der Waals surface area (Å²) >= 11 is 1.09. The smallest absolute Gasteiger partial charge is 0.262 e. The standard InChI is InChI=1S/C14H17N5O2S/c1-2-8-5-3-4-6-9(8)17-11(20)7-10-12(21)18-14(22-10)19-13(15)16/h3-6,10H,2,7H2,1H3,(H,17,20)(H4,15,16,18,19,21)/t10-/m0/s1. The van der Waals surface area contributed by atoms with Gasteiger partial charge in [-0.15, -0.1) is 0 Å². The van der Waals surface area contributed by atoms with E-state index in [0.717, 1.165) is 29.4 Å². The zero-order valence-corrected chi connectivity index (χ0v) is 12.9. The number of nitrogens with one attached hydrogen (secondary N) is 1. The maximum absolute atomic E-state index is 12.1. The molecule has 0 radical (unpaired) electrons. The molecular weight excluding hydrogens is 302 g/mol. The first kappa shape index (κ1) is 16.0. The van der Waals surface area contributed by atoms with Crippen LogP contribution < -0.4 is 16.8 Å². The van der Waals surface area contributed by atoms with Gasteiger partial charge in [-0.1, -0.05) is 36.9 Å². The molecule has 2 amide bonds. The van der Waals surface area contributed by atoms with Crippen molar-refractivity contribution in [2.45, 2.75) is 25.0 Å². The van der Waals surface area contributed by atoms with Crippen molar-refractivity contribution in [1.29, 1.82) is 0 Å². The predicted molar refractivity (Wildman–Crippen MR) is 88.7 cm³/mol. The Hall–Kier alpha value is -2.35. The number of carbonyl (C=O) groups excluding carboxylic acids is 2. The molecule has 116 valence electrons. The largest absolute Gasteiger partial charge is 0.370 e. The number of hydrogen-bond donors (Lipinski definition) is 3. The van der Waals surface area contributed by atoms with Crippen molar-refractivity contribution in [2.75, 3.05) is 5.32 Å². The Kier molecular flexibility index (Phi) is 5.16. The minimum Gasteiger partial charge on any atom is -0.370 e. The summed E-state index contributed by atoms with van der Waals surface area (Å²) in [7, 11) is 0. The van der Waals surface area contributed by atoms with Crippen molar-refractivity contribution in [3.05, 3.63) is 29.8 Å². The van der Waals surface area contributed by atoms with E-state index in [2.05, 4.69) is 15.3 Å². The van der Waals surface area contributed by atoms with Crippen molar-refractivity contribution in [3.8, 4) is 0 Å². The average molecular weight is 319 g/mol. The first-order valence-corrected chi connectivity index (χ1v) is 7.64. The Morgan fingerprint density at radius 2 is 2.14 bits per heavy atom. The lowest BCUT2D eigenvalue weighted by Gasteiger charge is -2.11. The number of anilines is 1. The molecule has 22 heavy (non-hydrogen) atoms. The van der Waals surface area contributed by atoms with Crippen molar-refractivity contribution < 1.29 is 9.59 Å². The van der Waals surface area contributed by atoms with Crippen molar-refractivity contribution in [2.24, 2.45) is 21.5 Å². The maximum atomic E-state index is 12.1. The van der Waals surface area contributed by atoms with E-state index >= 15 is 0 Å². The first-order chi connectivity index (χ1) is 10.5. The fourth-order valence-corrected chi connectivity index (χ4v) is 2.92. The second-order valence-corrected chi connectivity index (χ2v) is 5.81. The predicted octanol–water partition coefficient (Wildman–Crippen LogP) is 0.849. The minimum absolute atomic E-state index is 0.0224. The number of para-hydroxylation sites is 1. The fourth-order valence-electron chi connectivity index (χ4n) is 1.98. The van der Waals surface area contributed by atoms with Gasteiger partial charge in [-0.05, 0) is 18.1 Å². The molecule has 7 nitrogen and oxygen atoms in total. The number of guanidine groups is 1. The van der Waals surface area contributed by atoms with E-state index in [0.29, 0.717) is 0 Å². The van der Waals surface area contributed by atoms with Crippen molar-refractivity contribution in [1.82, 2.24) is 0 Å². The van der Waals surface area contributed by atoms with E-state index in [1.54, 1.807) is 0 Å². The number of benzene rings is 1. The van der Waals surface area contributed by atoms with Crippen LogP contribution in [0.2, 0.25) is 0 Å². The van der Waals surface area contributed by atoms with E-state index in [1.165, 1.54) is 0 Å². The van der Waals surface area contributed by atoms with Gasteiger partial charge in [0.15, 0.2) is 11.1 Å². The summed E-state index contributed by atoms with van der Waals surface area (Å²) < 4.78 is 0. The second-order valence-electron chi connectivity index (χ2n) is 4.64. The fraction of sp³-hybridized carbons (Fsp3) is 0.286. The van der Waals surface area contributed by atoms with Crippen LogP contribution in [0, 0.1) is 0 Å². The molecule has 1 aliphatic rings. The third-order valence-corrected chi connectivity index (χ3v) is 4.04. The Balaban J connectivity index is 1.96. The maximum Gasteiger partial charge on any atom is 0.262 e. The molecule has 0 spiro atoms. The zero-order valence-electron chi connectivity index (χ0n) is 12.1. The summed E-state index contributed by atoms with van der Waals surface area (Å²) in [6.45, 7) is 2.01. The highest BCUT2D eigenvalue weighted by Crippen LogP contribution is 2.26. The van der Waals surface area contributed by atoms with Crippen LogP contribution in [0.4, 0.5) is 5.69 Å². The lowest BCUT2D eigenvalue weighted by Crippen LogP contribution is -2.23. The molecule has 5 N–H and O–H groups in total. The van der Waals surface area contributed by atoms with E-state index in [9.17, 15) is 9.59 Å². The Labute approximate surface area is 132 Å². The Bertz CT molecular complexity index is 652. The minimum atomic E-state index is -0.591. The van der Waals surface area contributed by atoms with E-state index in [4.69, 9.17) is 11.5 Å². The van der Waals surface area contributed by atoms with Gasteiger partial charge < -0.3 is 16.8 Å². The molecule has 0 unspecified atom stereocenters. The van der Waals surface area contributed by atoms with Crippen molar-refractivity contribution >= 4 is 40.4 Å². The van der Waals surface area contributed by atoms with Gasteiger partial charge in [0.2, 0.25) is 5.91 Å². The number of amides is 2. The van der Waals surface area contributed by atoms with Crippen LogP contribution in [0.25, 0.3) is 0 Å². The summed E-state index contributed by atoms with van der Waals surface area (Å²) in [6, 6.07) is 7.55. The molecule has 2 rings (SSSR count). The van der Waals surface area contributed by atoms with Gasteiger partial charge in [0, 0.05) is 12.1 Å². The molecule has 1 aromatic carbocycles. The lowest BCUT2D eigenvalue weighted by molar-refractivity contribution is -0.121. The van der Waals surface area contributed by atoms with Gasteiger partial charge in [0.05, 0.1) is 0 Å². The summed E-state index contributed by atoms with van der Waals surface area (Å²) in [5.41, 5.74) is 12.3. The summed E-state index contributed by atoms with van der Waals surface area (Å²) in [6.07, 6.45) is 0.833. The second kappa shape index (κ2) is 7.08. The number of thioether (sulfide) groups is 1. The summed E-state index contributed by atoms with van der Waals surface area (Å²) in [5, 5.41) is 2.42. The van der Waals surface area contributed by atoms with Crippen LogP contribution in [0.15, 0.2) is 34.3 Å². The van der Waals surface area contributed by atoms with E-state index in [-0.39, 0.29) is 23.5 Å². The first-order valence-electron chi connectivity index (χ1n) is 6.76. The van der Waals surface area contributed by atoms with Gasteiger partial charge in [-0.3, -0.25) is 9.59 Å². The lowest BCUT2D eigenvalue weighted by atomic mass is 10.1. The summed E-state index contributed by atoms with van der Waals surface area (Å²) in [4.78, 5) is 31.3. The molecule has 8 heteroatoms. The SMILES string of the molecule is CCc1ccccc1NC(=O)C[C@@H]1SC(N=C(N)N)=NC1=O. The van der Waals surface area contributed by atoms with Crippen LogP contribution in [0.3, 0.4) is 0 Å². The van der Waals surface area contributed by atoms with Crippen LogP contribution in [-0.2, 0) is 16.0 Å². The van der Waals surface area contributed by atoms with Crippen LogP contribution in [0.1, 0.15) is 18.9 Å². The number of nitrogens with zero attached hydrogens (tertiary/aromatic N) is 2. The molecule has 0 aromatic heterocycles. The number of aliphatic imine (C=N–C) groups is 2. The molecular formula is C14H17N5O2S. The molecule has 0 bridgehead atoms. The van der Waals surface area contributed by atoms with Crippen molar-refractivity contribution in [3.63, 3.8) is 0 Å². The topological polar surface area (TPSA) is 123 Å². The van der Waals surface area contributed by atoms with Gasteiger partial charge in [-0.2, -0.15) is 9.98 Å². The number of hydrogen-bond acceptors (Lipinski definition) is 4. The van der Waals surface area contributed by atoms with E-state index < -0.39 is 11.2 Å². The number of aryl methyl sites for hydroxylation is 1. The Morgan fingerprint density at radius 1 is 1.41 bits per heavy atom. The highest BCUT2D eigenvalue weighted by molar-refractivity contribution is 8.15. The number of nitrogens with two attached hydrogens (primary N) is 2. The van der Waals surface area contributed by atoms with Crippen LogP contribution in [0.5, 0.6) is 0 Å². The number of amidine groups is 1. The molecule has 0 saturated heterocycles. The van der Waals surface area contributed by atoms with Gasteiger partial charge >= 0.3 is 0 Å². The number of carbonyl (C=O) groups is 2. The van der Waals surface area contributed by atoms with E-state index in [1.807, 2.05) is 31.2 Å². The third kappa shape index (κ3) is 4.08. The average Bonchev–Trinajstić information content (AvgIpc) is 2.78. The zero-order chi connectivity index (χ0) is 16.1. The molecule has 1 atom stereocenters. The molecule has 0 aliphatic carbocycles. The van der Waals surface area contributed by atoms with Gasteiger partial charge in [-0.25, -0.2) is 0 Å². The van der Waals surface area contributed by atoms with Gasteiger partial charge in [0.25, 0.3) is 5.91 Å².